The second-order valence-electron chi connectivity index (χ2n) is 8.29. The van der Waals surface area contributed by atoms with Crippen molar-refractivity contribution in [3.8, 4) is 11.5 Å². The zero-order chi connectivity index (χ0) is 23.8. The van der Waals surface area contributed by atoms with Crippen molar-refractivity contribution in [1.82, 2.24) is 14.9 Å². The van der Waals surface area contributed by atoms with Crippen LogP contribution in [0.4, 0.5) is 5.13 Å². The standard InChI is InChI=1S/C22H24N4O5S2/c1-13-7-5-6-8-15(13)19(27)23-20-24-25-21(32-20)33(28,29)26-17-12-22(2,3)31-18-10-9-14(30-4)11-16(17)18/h5-11,17,26H,12H2,1-4H3,(H,23,24,27). The predicted molar refractivity (Wildman–Crippen MR) is 124 cm³/mol. The number of anilines is 1. The molecule has 2 aromatic carbocycles. The minimum atomic E-state index is -4.01. The van der Waals surface area contributed by atoms with Crippen LogP contribution in [0.3, 0.4) is 0 Å². The van der Waals surface area contributed by atoms with Crippen molar-refractivity contribution in [3.63, 3.8) is 0 Å². The summed E-state index contributed by atoms with van der Waals surface area (Å²) in [7, 11) is -2.47. The number of aromatic nitrogens is 2. The number of ether oxygens (including phenoxy) is 2. The Kier molecular flexibility index (Phi) is 6.12. The Morgan fingerprint density at radius 2 is 1.97 bits per heavy atom. The summed E-state index contributed by atoms with van der Waals surface area (Å²) < 4.78 is 40.0. The molecule has 3 aromatic rings. The molecule has 2 N–H and O–H groups in total. The van der Waals surface area contributed by atoms with Crippen LogP contribution in [0.1, 0.15) is 47.8 Å². The Balaban J connectivity index is 1.56. The lowest BCUT2D eigenvalue weighted by atomic mass is 9.90. The molecule has 1 atom stereocenters. The highest BCUT2D eigenvalue weighted by Crippen LogP contribution is 2.41. The second kappa shape index (κ2) is 8.73. The van der Waals surface area contributed by atoms with Crippen molar-refractivity contribution in [2.75, 3.05) is 12.4 Å². The van der Waals surface area contributed by atoms with E-state index in [1.54, 1.807) is 37.4 Å². The van der Waals surface area contributed by atoms with E-state index >= 15 is 0 Å². The molecule has 1 amide bonds. The maximum Gasteiger partial charge on any atom is 0.270 e. The molecule has 11 heteroatoms. The van der Waals surface area contributed by atoms with Gasteiger partial charge in [-0.1, -0.05) is 29.5 Å². The number of fused-ring (bicyclic) bond motifs is 1. The van der Waals surface area contributed by atoms with E-state index in [0.717, 1.165) is 16.9 Å². The average Bonchev–Trinajstić information content (AvgIpc) is 3.22. The fraction of sp³-hybridized carbons (Fsp3) is 0.318. The third-order valence-electron chi connectivity index (χ3n) is 5.22. The molecular weight excluding hydrogens is 464 g/mol. The maximum absolute atomic E-state index is 13.1. The van der Waals surface area contributed by atoms with Crippen LogP contribution in [0, 0.1) is 6.92 Å². The molecule has 33 heavy (non-hydrogen) atoms. The predicted octanol–water partition coefficient (Wildman–Crippen LogP) is 3.69. The van der Waals surface area contributed by atoms with Gasteiger partial charge in [-0.2, -0.15) is 0 Å². The molecule has 0 saturated carbocycles. The number of nitrogens with one attached hydrogen (secondary N) is 2. The van der Waals surface area contributed by atoms with E-state index in [-0.39, 0.29) is 15.4 Å². The van der Waals surface area contributed by atoms with Crippen LogP contribution in [0.2, 0.25) is 0 Å². The molecule has 0 aliphatic carbocycles. The van der Waals surface area contributed by atoms with Crippen molar-refractivity contribution in [2.45, 2.75) is 43.2 Å². The molecule has 0 bridgehead atoms. The van der Waals surface area contributed by atoms with E-state index < -0.39 is 21.7 Å². The van der Waals surface area contributed by atoms with Gasteiger partial charge in [-0.15, -0.1) is 10.2 Å². The summed E-state index contributed by atoms with van der Waals surface area (Å²) in [6, 6.07) is 11.8. The summed E-state index contributed by atoms with van der Waals surface area (Å²) in [4.78, 5) is 12.5. The Labute approximate surface area is 196 Å². The van der Waals surface area contributed by atoms with Gasteiger partial charge in [0.05, 0.1) is 13.2 Å². The number of sulfonamides is 1. The first-order valence-corrected chi connectivity index (χ1v) is 12.5. The molecule has 9 nitrogen and oxygen atoms in total. The van der Waals surface area contributed by atoms with E-state index in [9.17, 15) is 13.2 Å². The van der Waals surface area contributed by atoms with Gasteiger partial charge in [0, 0.05) is 17.5 Å². The molecule has 174 valence electrons. The van der Waals surface area contributed by atoms with Crippen molar-refractivity contribution in [2.24, 2.45) is 0 Å². The third-order valence-corrected chi connectivity index (χ3v) is 7.90. The van der Waals surface area contributed by atoms with Gasteiger partial charge in [0.1, 0.15) is 17.1 Å². The first-order valence-electron chi connectivity index (χ1n) is 10.2. The minimum Gasteiger partial charge on any atom is -0.497 e. The Bertz CT molecular complexity index is 1300. The van der Waals surface area contributed by atoms with E-state index in [4.69, 9.17) is 9.47 Å². The number of benzene rings is 2. The third kappa shape index (κ3) is 5.00. The van der Waals surface area contributed by atoms with Crippen LogP contribution < -0.4 is 19.5 Å². The second-order valence-corrected chi connectivity index (χ2v) is 11.2. The summed E-state index contributed by atoms with van der Waals surface area (Å²) >= 11 is 0.786. The van der Waals surface area contributed by atoms with Gasteiger partial charge in [0.15, 0.2) is 0 Å². The number of rotatable bonds is 6. The van der Waals surface area contributed by atoms with E-state index in [2.05, 4.69) is 20.2 Å². The fourth-order valence-electron chi connectivity index (χ4n) is 3.66. The first kappa shape index (κ1) is 23.1. The number of nitrogens with zero attached hydrogens (tertiary/aromatic N) is 2. The van der Waals surface area contributed by atoms with Crippen molar-refractivity contribution < 1.29 is 22.7 Å². The molecule has 0 radical (unpaired) electrons. The van der Waals surface area contributed by atoms with Gasteiger partial charge in [0.25, 0.3) is 15.9 Å². The number of methoxy groups -OCH3 is 1. The summed E-state index contributed by atoms with van der Waals surface area (Å²) in [5.74, 6) is 0.801. The summed E-state index contributed by atoms with van der Waals surface area (Å²) in [6.45, 7) is 5.61. The van der Waals surface area contributed by atoms with Crippen LogP contribution in [0.15, 0.2) is 46.8 Å². The number of carbonyl (C=O) groups is 1. The molecule has 4 rings (SSSR count). The van der Waals surface area contributed by atoms with Gasteiger partial charge in [-0.3, -0.25) is 10.1 Å². The SMILES string of the molecule is COc1ccc2c(c1)C(NS(=O)(=O)c1nnc(NC(=O)c3ccccc3C)s1)CC(C)(C)O2. The van der Waals surface area contributed by atoms with Gasteiger partial charge in [-0.25, -0.2) is 13.1 Å². The number of hydrogen-bond donors (Lipinski definition) is 2. The quantitative estimate of drug-likeness (QED) is 0.508. The van der Waals surface area contributed by atoms with Crippen molar-refractivity contribution >= 4 is 32.4 Å². The smallest absolute Gasteiger partial charge is 0.270 e. The molecular formula is C22H24N4O5S2. The van der Waals surface area contributed by atoms with Gasteiger partial charge in [0.2, 0.25) is 9.47 Å². The first-order chi connectivity index (χ1) is 15.6. The topological polar surface area (TPSA) is 120 Å². The van der Waals surface area contributed by atoms with E-state index in [1.807, 2.05) is 32.9 Å². The van der Waals surface area contributed by atoms with Gasteiger partial charge >= 0.3 is 0 Å². The number of amides is 1. The molecule has 0 spiro atoms. The lowest BCUT2D eigenvalue weighted by Crippen LogP contribution is -2.41. The van der Waals surface area contributed by atoms with Crippen molar-refractivity contribution in [3.05, 3.63) is 59.2 Å². The Morgan fingerprint density at radius 3 is 2.70 bits per heavy atom. The van der Waals surface area contributed by atoms with Crippen LogP contribution >= 0.6 is 11.3 Å². The lowest BCUT2D eigenvalue weighted by Gasteiger charge is -2.37. The summed E-state index contributed by atoms with van der Waals surface area (Å²) in [6.07, 6.45) is 0.405. The lowest BCUT2D eigenvalue weighted by molar-refractivity contribution is 0.0700. The Morgan fingerprint density at radius 1 is 1.21 bits per heavy atom. The molecule has 1 unspecified atom stereocenters. The summed E-state index contributed by atoms with van der Waals surface area (Å²) in [5, 5.41) is 10.4. The van der Waals surface area contributed by atoms with Gasteiger partial charge in [-0.05, 0) is 50.6 Å². The maximum atomic E-state index is 13.1. The number of carbonyl (C=O) groups excluding carboxylic acids is 1. The summed E-state index contributed by atoms with van der Waals surface area (Å²) in [5.41, 5.74) is 1.37. The largest absolute Gasteiger partial charge is 0.497 e. The average molecular weight is 489 g/mol. The molecule has 0 saturated heterocycles. The molecule has 2 heterocycles. The monoisotopic (exact) mass is 488 g/mol. The highest BCUT2D eigenvalue weighted by Gasteiger charge is 2.37. The number of aryl methyl sites for hydroxylation is 1. The molecule has 1 aromatic heterocycles. The van der Waals surface area contributed by atoms with Crippen LogP contribution in [-0.4, -0.2) is 37.2 Å². The normalized spacial score (nSPS) is 17.0. The molecule has 1 aliphatic heterocycles. The number of hydrogen-bond acceptors (Lipinski definition) is 8. The van der Waals surface area contributed by atoms with E-state index in [0.29, 0.717) is 29.0 Å². The van der Waals surface area contributed by atoms with Gasteiger partial charge < -0.3 is 9.47 Å². The van der Waals surface area contributed by atoms with Crippen LogP contribution in [0.5, 0.6) is 11.5 Å². The van der Waals surface area contributed by atoms with Crippen molar-refractivity contribution in [1.29, 1.82) is 0 Å². The van der Waals surface area contributed by atoms with Crippen LogP contribution in [0.25, 0.3) is 0 Å². The minimum absolute atomic E-state index is 0.0954. The highest BCUT2D eigenvalue weighted by atomic mass is 32.2. The van der Waals surface area contributed by atoms with Crippen LogP contribution in [-0.2, 0) is 10.0 Å². The fourth-order valence-corrected chi connectivity index (χ4v) is 5.79. The van der Waals surface area contributed by atoms with E-state index in [1.165, 1.54) is 0 Å². The zero-order valence-corrected chi connectivity index (χ0v) is 20.2. The highest BCUT2D eigenvalue weighted by molar-refractivity contribution is 7.91. The molecule has 0 fully saturated rings. The Hall–Kier alpha value is -3.02. The molecule has 1 aliphatic rings. The zero-order valence-electron chi connectivity index (χ0n) is 18.6.